The number of esters is 1. The van der Waals surface area contributed by atoms with Gasteiger partial charge in [-0.15, -0.1) is 0 Å². The van der Waals surface area contributed by atoms with E-state index < -0.39 is 5.41 Å². The molecule has 1 saturated heterocycles. The van der Waals surface area contributed by atoms with Crippen LogP contribution in [-0.4, -0.2) is 48.3 Å². The molecule has 0 spiro atoms. The second-order valence-corrected chi connectivity index (χ2v) is 8.63. The highest BCUT2D eigenvalue weighted by molar-refractivity contribution is 6.02. The molecule has 6 heteroatoms. The molecule has 2 heterocycles. The van der Waals surface area contributed by atoms with Crippen molar-refractivity contribution in [1.29, 1.82) is 0 Å². The standard InChI is InChI=1S/C23H30N2O4/c1-3-28-22(27)23(11-6-12-25(15-23)21(26)17-9-10-17)14-18-13-20(24-29-18)19-8-5-4-7-16(19)2/h4-5,7-8,17-18H,3,6,9-15H2,1-2H3/t18-,23+/m1/s1. The number of carbonyl (C=O) groups excluding carboxylic acids is 2. The molecule has 156 valence electrons. The van der Waals surface area contributed by atoms with E-state index in [0.717, 1.165) is 49.1 Å². The van der Waals surface area contributed by atoms with E-state index in [4.69, 9.17) is 9.57 Å². The van der Waals surface area contributed by atoms with Gasteiger partial charge in [-0.05, 0) is 45.1 Å². The summed E-state index contributed by atoms with van der Waals surface area (Å²) >= 11 is 0. The monoisotopic (exact) mass is 398 g/mol. The van der Waals surface area contributed by atoms with E-state index in [0.29, 0.717) is 26.0 Å². The van der Waals surface area contributed by atoms with Crippen molar-refractivity contribution in [3.05, 3.63) is 35.4 Å². The Kier molecular flexibility index (Phi) is 5.61. The van der Waals surface area contributed by atoms with E-state index in [1.54, 1.807) is 0 Å². The van der Waals surface area contributed by atoms with Crippen LogP contribution in [0.2, 0.25) is 0 Å². The molecule has 0 N–H and O–H groups in total. The predicted molar refractivity (Wildman–Crippen MR) is 109 cm³/mol. The molecule has 2 aliphatic heterocycles. The van der Waals surface area contributed by atoms with Gasteiger partial charge in [0.1, 0.15) is 6.10 Å². The molecule has 2 atom stereocenters. The summed E-state index contributed by atoms with van der Waals surface area (Å²) in [6, 6.07) is 8.13. The topological polar surface area (TPSA) is 68.2 Å². The second kappa shape index (κ2) is 8.17. The average Bonchev–Trinajstić information content (AvgIpc) is 3.48. The molecule has 1 aliphatic carbocycles. The Balaban J connectivity index is 1.49. The van der Waals surface area contributed by atoms with Gasteiger partial charge in [-0.25, -0.2) is 0 Å². The van der Waals surface area contributed by atoms with Crippen LogP contribution in [0.5, 0.6) is 0 Å². The zero-order valence-electron chi connectivity index (χ0n) is 17.4. The molecule has 1 saturated carbocycles. The van der Waals surface area contributed by atoms with Crippen molar-refractivity contribution < 1.29 is 19.2 Å². The summed E-state index contributed by atoms with van der Waals surface area (Å²) < 4.78 is 5.46. The van der Waals surface area contributed by atoms with Crippen LogP contribution < -0.4 is 0 Å². The lowest BCUT2D eigenvalue weighted by molar-refractivity contribution is -0.164. The van der Waals surface area contributed by atoms with Crippen molar-refractivity contribution in [2.24, 2.45) is 16.5 Å². The number of amides is 1. The number of nitrogens with zero attached hydrogens (tertiary/aromatic N) is 2. The van der Waals surface area contributed by atoms with E-state index >= 15 is 0 Å². The number of benzene rings is 1. The SMILES string of the molecule is CCOC(=O)[C@]1(C[C@H]2CC(c3ccccc3C)=NO2)CCCN(C(=O)C2CC2)C1. The van der Waals surface area contributed by atoms with Gasteiger partial charge >= 0.3 is 5.97 Å². The van der Waals surface area contributed by atoms with Gasteiger partial charge in [-0.3, -0.25) is 9.59 Å². The largest absolute Gasteiger partial charge is 0.466 e. The van der Waals surface area contributed by atoms with Gasteiger partial charge in [-0.1, -0.05) is 29.4 Å². The molecule has 1 aromatic carbocycles. The van der Waals surface area contributed by atoms with E-state index in [2.05, 4.69) is 24.2 Å². The highest BCUT2D eigenvalue weighted by Gasteiger charge is 2.49. The second-order valence-electron chi connectivity index (χ2n) is 8.63. The minimum Gasteiger partial charge on any atom is -0.466 e. The van der Waals surface area contributed by atoms with Gasteiger partial charge in [0.15, 0.2) is 0 Å². The number of ether oxygens (including phenoxy) is 1. The minimum atomic E-state index is -0.708. The first-order chi connectivity index (χ1) is 14.0. The lowest BCUT2D eigenvalue weighted by Gasteiger charge is -2.41. The van der Waals surface area contributed by atoms with E-state index in [-0.39, 0.29) is 23.9 Å². The number of likely N-dealkylation sites (tertiary alicyclic amines) is 1. The van der Waals surface area contributed by atoms with Gasteiger partial charge in [0.05, 0.1) is 17.7 Å². The Morgan fingerprint density at radius 2 is 2.10 bits per heavy atom. The molecule has 0 unspecified atom stereocenters. The maximum absolute atomic E-state index is 13.0. The summed E-state index contributed by atoms with van der Waals surface area (Å²) in [6.07, 6.45) is 4.50. The smallest absolute Gasteiger partial charge is 0.314 e. The van der Waals surface area contributed by atoms with Crippen molar-refractivity contribution in [2.45, 2.75) is 58.5 Å². The predicted octanol–water partition coefficient (Wildman–Crippen LogP) is 3.46. The maximum atomic E-state index is 13.0. The van der Waals surface area contributed by atoms with Crippen LogP contribution in [0.25, 0.3) is 0 Å². The van der Waals surface area contributed by atoms with Crippen LogP contribution in [0.4, 0.5) is 0 Å². The Morgan fingerprint density at radius 3 is 2.83 bits per heavy atom. The lowest BCUT2D eigenvalue weighted by Crippen LogP contribution is -2.52. The Bertz CT molecular complexity index is 817. The van der Waals surface area contributed by atoms with Gasteiger partial charge < -0.3 is 14.5 Å². The molecule has 0 bridgehead atoms. The maximum Gasteiger partial charge on any atom is 0.314 e. The molecule has 29 heavy (non-hydrogen) atoms. The molecule has 2 fully saturated rings. The van der Waals surface area contributed by atoms with Crippen molar-refractivity contribution >= 4 is 17.6 Å². The lowest BCUT2D eigenvalue weighted by atomic mass is 9.74. The fourth-order valence-electron chi connectivity index (χ4n) is 4.64. The van der Waals surface area contributed by atoms with Gasteiger partial charge in [0, 0.05) is 37.4 Å². The van der Waals surface area contributed by atoms with Gasteiger partial charge in [0.25, 0.3) is 0 Å². The van der Waals surface area contributed by atoms with E-state index in [1.807, 2.05) is 24.0 Å². The highest BCUT2D eigenvalue weighted by atomic mass is 16.6. The van der Waals surface area contributed by atoms with Crippen LogP contribution in [0.15, 0.2) is 29.4 Å². The summed E-state index contributed by atoms with van der Waals surface area (Å²) in [5.41, 5.74) is 2.47. The first-order valence-corrected chi connectivity index (χ1v) is 10.8. The number of aryl methyl sites for hydroxylation is 1. The zero-order valence-corrected chi connectivity index (χ0v) is 17.4. The first-order valence-electron chi connectivity index (χ1n) is 10.8. The number of carbonyl (C=O) groups is 2. The fraction of sp³-hybridized carbons (Fsp3) is 0.609. The molecule has 0 aromatic heterocycles. The Morgan fingerprint density at radius 1 is 1.31 bits per heavy atom. The quantitative estimate of drug-likeness (QED) is 0.688. The van der Waals surface area contributed by atoms with Crippen LogP contribution in [0.1, 0.15) is 56.6 Å². The third-order valence-corrected chi connectivity index (χ3v) is 6.33. The van der Waals surface area contributed by atoms with E-state index in [1.165, 1.54) is 0 Å². The summed E-state index contributed by atoms with van der Waals surface area (Å²) in [7, 11) is 0. The summed E-state index contributed by atoms with van der Waals surface area (Å²) in [6.45, 7) is 5.39. The van der Waals surface area contributed by atoms with Crippen LogP contribution in [-0.2, 0) is 19.2 Å². The van der Waals surface area contributed by atoms with Crippen molar-refractivity contribution in [2.75, 3.05) is 19.7 Å². The highest BCUT2D eigenvalue weighted by Crippen LogP contribution is 2.41. The third-order valence-electron chi connectivity index (χ3n) is 6.33. The third kappa shape index (κ3) is 4.16. The fourth-order valence-corrected chi connectivity index (χ4v) is 4.64. The Labute approximate surface area is 172 Å². The molecular weight excluding hydrogens is 368 g/mol. The summed E-state index contributed by atoms with van der Waals surface area (Å²) in [4.78, 5) is 33.3. The first kappa shape index (κ1) is 19.9. The van der Waals surface area contributed by atoms with Gasteiger partial charge in [0.2, 0.25) is 5.91 Å². The number of rotatable bonds is 6. The average molecular weight is 399 g/mol. The molecule has 0 radical (unpaired) electrons. The minimum absolute atomic E-state index is 0.159. The van der Waals surface area contributed by atoms with Crippen molar-refractivity contribution in [3.63, 3.8) is 0 Å². The molecule has 1 amide bonds. The Hall–Kier alpha value is -2.37. The van der Waals surface area contributed by atoms with Crippen molar-refractivity contribution in [3.8, 4) is 0 Å². The number of hydrogen-bond donors (Lipinski definition) is 0. The molecule has 1 aromatic rings. The number of hydrogen-bond acceptors (Lipinski definition) is 5. The molecule has 3 aliphatic rings. The van der Waals surface area contributed by atoms with Crippen molar-refractivity contribution in [1.82, 2.24) is 4.90 Å². The normalized spacial score (nSPS) is 26.6. The summed E-state index contributed by atoms with van der Waals surface area (Å²) in [5, 5.41) is 4.33. The van der Waals surface area contributed by atoms with E-state index in [9.17, 15) is 9.59 Å². The molecular formula is C23H30N2O4. The molecule has 6 nitrogen and oxygen atoms in total. The number of oxime groups is 1. The molecule has 4 rings (SSSR count). The van der Waals surface area contributed by atoms with Gasteiger partial charge in [-0.2, -0.15) is 0 Å². The van der Waals surface area contributed by atoms with Crippen LogP contribution in [0.3, 0.4) is 0 Å². The zero-order chi connectivity index (χ0) is 20.4. The summed E-state index contributed by atoms with van der Waals surface area (Å²) in [5.74, 6) is 0.149. The van der Waals surface area contributed by atoms with Crippen LogP contribution in [0, 0.1) is 18.3 Å². The van der Waals surface area contributed by atoms with Crippen LogP contribution >= 0.6 is 0 Å². The number of piperidine rings is 1.